The number of carbonyl (C=O) groups excluding carboxylic acids is 5. The minimum Gasteiger partial charge on any atom is -0.456 e. The van der Waals surface area contributed by atoms with Gasteiger partial charge in [0.15, 0.2) is 11.5 Å². The molecule has 0 fully saturated rings. The van der Waals surface area contributed by atoms with Gasteiger partial charge in [-0.1, -0.05) is 75.6 Å². The fraction of sp³-hybridized carbons (Fsp3) is 0.417. The Kier molecular flexibility index (Phi) is 13.3. The summed E-state index contributed by atoms with van der Waals surface area (Å²) < 4.78 is 11.1. The first kappa shape index (κ1) is 35.7. The van der Waals surface area contributed by atoms with Gasteiger partial charge in [0.2, 0.25) is 12.3 Å². The molecule has 1 aromatic heterocycles. The highest BCUT2D eigenvalue weighted by Crippen LogP contribution is 2.24. The largest absolute Gasteiger partial charge is 0.456 e. The average Bonchev–Trinajstić information content (AvgIpc) is 3.54. The number of hydrogen-bond acceptors (Lipinski definition) is 7. The van der Waals surface area contributed by atoms with Crippen LogP contribution in [0.15, 0.2) is 71.1 Å². The SMILES string of the molecule is CCCCC[C@@H](C(=O)NCNC(=O)c1ccc(-c2ccc(C(=O)OC(C)(C)C)cc2)o1)[C@@H](CC)N(C=O)CC(=O)c1ccccc1. The van der Waals surface area contributed by atoms with Gasteiger partial charge in [-0.25, -0.2) is 4.79 Å². The maximum absolute atomic E-state index is 13.4. The molecule has 0 unspecified atom stereocenters. The molecule has 0 saturated carbocycles. The lowest BCUT2D eigenvalue weighted by molar-refractivity contribution is -0.130. The molecule has 46 heavy (non-hydrogen) atoms. The molecule has 2 N–H and O–H groups in total. The molecular formula is C36H45N3O7. The zero-order valence-electron chi connectivity index (χ0n) is 27.3. The van der Waals surface area contributed by atoms with Crippen LogP contribution in [-0.4, -0.2) is 59.7 Å². The van der Waals surface area contributed by atoms with Crippen molar-refractivity contribution in [2.75, 3.05) is 13.2 Å². The minimum atomic E-state index is -0.606. The zero-order chi connectivity index (χ0) is 33.7. The van der Waals surface area contributed by atoms with E-state index in [1.165, 1.54) is 11.0 Å². The number of esters is 1. The first-order valence-corrected chi connectivity index (χ1v) is 15.8. The smallest absolute Gasteiger partial charge is 0.338 e. The average molecular weight is 632 g/mol. The quantitative estimate of drug-likeness (QED) is 0.0611. The molecule has 10 heteroatoms. The summed E-state index contributed by atoms with van der Waals surface area (Å²) in [6, 6.07) is 18.1. The van der Waals surface area contributed by atoms with Crippen molar-refractivity contribution in [1.82, 2.24) is 15.5 Å². The summed E-state index contributed by atoms with van der Waals surface area (Å²) in [5.74, 6) is -1.55. The Morgan fingerprint density at radius 3 is 2.20 bits per heavy atom. The van der Waals surface area contributed by atoms with Crippen LogP contribution in [0.5, 0.6) is 0 Å². The van der Waals surface area contributed by atoms with Crippen molar-refractivity contribution in [1.29, 1.82) is 0 Å². The van der Waals surface area contributed by atoms with Crippen LogP contribution in [0.1, 0.15) is 98.0 Å². The summed E-state index contributed by atoms with van der Waals surface area (Å²) in [4.78, 5) is 65.0. The first-order chi connectivity index (χ1) is 22.0. The molecule has 3 amide bonds. The standard InChI is InChI=1S/C36H45N3O7/c1-6-8-10-15-28(29(7-2)39(24-40)22-30(41)25-13-11-9-12-14-25)33(42)37-23-38-34(43)32-21-20-31(45-32)26-16-18-27(19-17-26)35(44)46-36(3,4)5/h9,11-14,16-21,24,28-29H,6-8,10,15,22-23H2,1-5H3,(H,37,42)(H,38,43)/t28-,29-/m1/s1. The molecule has 0 aliphatic carbocycles. The van der Waals surface area contributed by atoms with Crippen molar-refractivity contribution < 1.29 is 33.1 Å². The molecule has 0 saturated heterocycles. The van der Waals surface area contributed by atoms with E-state index in [9.17, 15) is 24.0 Å². The van der Waals surface area contributed by atoms with Crippen LogP contribution in [0.2, 0.25) is 0 Å². The fourth-order valence-corrected chi connectivity index (χ4v) is 5.13. The molecule has 0 aliphatic heterocycles. The molecule has 3 aromatic rings. The molecule has 3 rings (SSSR count). The van der Waals surface area contributed by atoms with E-state index in [0.29, 0.717) is 41.7 Å². The topological polar surface area (TPSA) is 135 Å². The predicted octanol–water partition coefficient (Wildman–Crippen LogP) is 6.02. The van der Waals surface area contributed by atoms with Crippen molar-refractivity contribution in [2.24, 2.45) is 5.92 Å². The van der Waals surface area contributed by atoms with Crippen molar-refractivity contribution in [3.05, 3.63) is 83.6 Å². The van der Waals surface area contributed by atoms with Crippen LogP contribution in [0.4, 0.5) is 0 Å². The number of ketones is 1. The van der Waals surface area contributed by atoms with Crippen molar-refractivity contribution in [2.45, 2.75) is 78.4 Å². The van der Waals surface area contributed by atoms with Gasteiger partial charge in [-0.05, 0) is 57.9 Å². The highest BCUT2D eigenvalue weighted by molar-refractivity contribution is 5.98. The number of amides is 3. The number of unbranched alkanes of at least 4 members (excludes halogenated alkanes) is 2. The van der Waals surface area contributed by atoms with E-state index in [4.69, 9.17) is 9.15 Å². The number of benzene rings is 2. The molecule has 0 bridgehead atoms. The van der Waals surface area contributed by atoms with E-state index >= 15 is 0 Å². The van der Waals surface area contributed by atoms with Gasteiger partial charge in [0.25, 0.3) is 5.91 Å². The van der Waals surface area contributed by atoms with Crippen LogP contribution >= 0.6 is 0 Å². The Balaban J connectivity index is 1.61. The summed E-state index contributed by atoms with van der Waals surface area (Å²) in [5.41, 5.74) is 0.963. The Morgan fingerprint density at radius 1 is 0.891 bits per heavy atom. The van der Waals surface area contributed by atoms with Gasteiger partial charge in [-0.15, -0.1) is 0 Å². The highest BCUT2D eigenvalue weighted by atomic mass is 16.6. The summed E-state index contributed by atoms with van der Waals surface area (Å²) in [6.45, 7) is 9.06. The van der Waals surface area contributed by atoms with Gasteiger partial charge in [0.05, 0.1) is 24.7 Å². The van der Waals surface area contributed by atoms with E-state index in [-0.39, 0.29) is 30.7 Å². The number of nitrogens with one attached hydrogen (secondary N) is 2. The minimum absolute atomic E-state index is 0.0537. The number of rotatable bonds is 17. The lowest BCUT2D eigenvalue weighted by atomic mass is 9.89. The summed E-state index contributed by atoms with van der Waals surface area (Å²) >= 11 is 0. The number of hydrogen-bond donors (Lipinski definition) is 2. The molecular weight excluding hydrogens is 586 g/mol. The second-order valence-electron chi connectivity index (χ2n) is 12.1. The summed E-state index contributed by atoms with van der Waals surface area (Å²) in [6.07, 6.45) is 4.31. The zero-order valence-corrected chi connectivity index (χ0v) is 27.3. The van der Waals surface area contributed by atoms with Gasteiger partial charge in [0.1, 0.15) is 11.4 Å². The molecule has 2 atom stereocenters. The maximum Gasteiger partial charge on any atom is 0.338 e. The van der Waals surface area contributed by atoms with E-state index < -0.39 is 29.4 Å². The monoisotopic (exact) mass is 631 g/mol. The Hall–Kier alpha value is -4.73. The third kappa shape index (κ3) is 10.4. The molecule has 1 heterocycles. The Bertz CT molecular complexity index is 1460. The molecule has 10 nitrogen and oxygen atoms in total. The Labute approximate surface area is 270 Å². The summed E-state index contributed by atoms with van der Waals surface area (Å²) in [5, 5.41) is 5.43. The van der Waals surface area contributed by atoms with Crippen LogP contribution in [0.3, 0.4) is 0 Å². The predicted molar refractivity (Wildman–Crippen MR) is 175 cm³/mol. The van der Waals surface area contributed by atoms with Gasteiger partial charge in [0, 0.05) is 17.2 Å². The molecule has 0 aliphatic rings. The molecule has 246 valence electrons. The van der Waals surface area contributed by atoms with Crippen molar-refractivity contribution >= 4 is 30.0 Å². The fourth-order valence-electron chi connectivity index (χ4n) is 5.13. The Morgan fingerprint density at radius 2 is 1.59 bits per heavy atom. The number of nitrogens with zero attached hydrogens (tertiary/aromatic N) is 1. The second kappa shape index (κ2) is 17.1. The number of furan rings is 1. The summed E-state index contributed by atoms with van der Waals surface area (Å²) in [7, 11) is 0. The van der Waals surface area contributed by atoms with Crippen LogP contribution < -0.4 is 10.6 Å². The van der Waals surface area contributed by atoms with Crippen molar-refractivity contribution in [3.63, 3.8) is 0 Å². The number of ether oxygens (including phenoxy) is 1. The van der Waals surface area contributed by atoms with E-state index in [2.05, 4.69) is 17.6 Å². The van der Waals surface area contributed by atoms with Crippen LogP contribution in [0, 0.1) is 5.92 Å². The first-order valence-electron chi connectivity index (χ1n) is 15.8. The van der Waals surface area contributed by atoms with Gasteiger partial charge < -0.3 is 24.7 Å². The maximum atomic E-state index is 13.4. The van der Waals surface area contributed by atoms with Crippen LogP contribution in [-0.2, 0) is 14.3 Å². The molecule has 0 radical (unpaired) electrons. The highest BCUT2D eigenvalue weighted by Gasteiger charge is 2.32. The van der Waals surface area contributed by atoms with E-state index in [1.807, 2.05) is 13.0 Å². The lowest BCUT2D eigenvalue weighted by Gasteiger charge is -2.33. The van der Waals surface area contributed by atoms with Gasteiger partial charge in [-0.2, -0.15) is 0 Å². The third-order valence-electron chi connectivity index (χ3n) is 7.47. The molecule has 0 spiro atoms. The van der Waals surface area contributed by atoms with E-state index in [1.54, 1.807) is 75.4 Å². The van der Waals surface area contributed by atoms with Crippen LogP contribution in [0.25, 0.3) is 11.3 Å². The van der Waals surface area contributed by atoms with E-state index in [0.717, 1.165) is 19.3 Å². The normalized spacial score (nSPS) is 12.5. The lowest BCUT2D eigenvalue weighted by Crippen LogP contribution is -2.49. The second-order valence-corrected chi connectivity index (χ2v) is 12.1. The van der Waals surface area contributed by atoms with Gasteiger partial charge >= 0.3 is 5.97 Å². The number of Topliss-reactive ketones (excluding diaryl/α,β-unsaturated/α-hetero) is 1. The molecule has 2 aromatic carbocycles. The number of carbonyl (C=O) groups is 5. The third-order valence-corrected chi connectivity index (χ3v) is 7.47. The van der Waals surface area contributed by atoms with Gasteiger partial charge in [-0.3, -0.25) is 19.2 Å². The van der Waals surface area contributed by atoms with Crippen molar-refractivity contribution in [3.8, 4) is 11.3 Å².